The number of sulfone groups is 1. The molecule has 2 rings (SSSR count). The molecule has 1 aliphatic heterocycles. The van der Waals surface area contributed by atoms with Gasteiger partial charge in [0, 0.05) is 12.0 Å². The molecule has 1 amide bonds. The molecule has 0 aromatic heterocycles. The minimum atomic E-state index is -3.15. The number of amides is 1. The summed E-state index contributed by atoms with van der Waals surface area (Å²) in [5.74, 6) is -1.57. The van der Waals surface area contributed by atoms with Gasteiger partial charge in [-0.25, -0.2) is 8.42 Å². The molecule has 7 heteroatoms. The summed E-state index contributed by atoms with van der Waals surface area (Å²) in [4.78, 5) is 25.1. The molecule has 6 nitrogen and oxygen atoms in total. The highest BCUT2D eigenvalue weighted by Gasteiger charge is 2.44. The lowest BCUT2D eigenvalue weighted by atomic mass is 9.81. The van der Waals surface area contributed by atoms with Crippen molar-refractivity contribution < 1.29 is 23.1 Å². The first kappa shape index (κ1) is 16.3. The monoisotopic (exact) mass is 317 g/mol. The van der Waals surface area contributed by atoms with Crippen molar-refractivity contribution in [3.8, 4) is 0 Å². The van der Waals surface area contributed by atoms with Crippen LogP contribution < -0.4 is 0 Å². The van der Waals surface area contributed by atoms with E-state index in [0.29, 0.717) is 6.42 Å². The van der Waals surface area contributed by atoms with Gasteiger partial charge in [0.05, 0.1) is 11.5 Å². The first-order valence-corrected chi connectivity index (χ1v) is 9.17. The summed E-state index contributed by atoms with van der Waals surface area (Å²) < 4.78 is 23.2. The zero-order valence-corrected chi connectivity index (χ0v) is 13.4. The molecular weight excluding hydrogens is 294 g/mol. The van der Waals surface area contributed by atoms with E-state index >= 15 is 0 Å². The minimum absolute atomic E-state index is 0.0368. The van der Waals surface area contributed by atoms with Crippen molar-refractivity contribution in [3.05, 3.63) is 0 Å². The lowest BCUT2D eigenvalue weighted by Gasteiger charge is -2.34. The maximum Gasteiger partial charge on any atom is 0.323 e. The molecule has 2 unspecified atom stereocenters. The molecule has 2 atom stereocenters. The average Bonchev–Trinajstić information content (AvgIpc) is 2.87. The van der Waals surface area contributed by atoms with Gasteiger partial charge in [-0.2, -0.15) is 0 Å². The maximum absolute atomic E-state index is 12.8. The summed E-state index contributed by atoms with van der Waals surface area (Å²) in [6.45, 7) is 3.63. The Morgan fingerprint density at radius 1 is 1.29 bits per heavy atom. The van der Waals surface area contributed by atoms with E-state index in [9.17, 15) is 18.0 Å². The zero-order chi connectivity index (χ0) is 15.8. The zero-order valence-electron chi connectivity index (χ0n) is 12.5. The van der Waals surface area contributed by atoms with Crippen molar-refractivity contribution in [1.29, 1.82) is 0 Å². The summed E-state index contributed by atoms with van der Waals surface area (Å²) in [7, 11) is -3.15. The van der Waals surface area contributed by atoms with Crippen LogP contribution in [0.1, 0.15) is 39.5 Å². The van der Waals surface area contributed by atoms with Crippen LogP contribution in [0.15, 0.2) is 0 Å². The molecule has 1 saturated carbocycles. The second-order valence-corrected chi connectivity index (χ2v) is 9.08. The summed E-state index contributed by atoms with van der Waals surface area (Å²) in [6.07, 6.45) is 2.98. The van der Waals surface area contributed by atoms with E-state index in [-0.39, 0.29) is 28.7 Å². The first-order valence-electron chi connectivity index (χ1n) is 7.35. The fourth-order valence-electron chi connectivity index (χ4n) is 3.54. The lowest BCUT2D eigenvalue weighted by Crippen LogP contribution is -2.48. The number of aliphatic carboxylic acids is 1. The van der Waals surface area contributed by atoms with E-state index in [2.05, 4.69) is 0 Å². The molecule has 0 bridgehead atoms. The minimum Gasteiger partial charge on any atom is -0.480 e. The topological polar surface area (TPSA) is 91.8 Å². The molecule has 120 valence electrons. The highest BCUT2D eigenvalue weighted by atomic mass is 32.2. The number of hydrogen-bond acceptors (Lipinski definition) is 4. The normalized spacial score (nSPS) is 30.2. The second-order valence-electron chi connectivity index (χ2n) is 6.85. The van der Waals surface area contributed by atoms with Gasteiger partial charge in [-0.15, -0.1) is 0 Å². The summed E-state index contributed by atoms with van der Waals surface area (Å²) in [6, 6.07) is -0.491. The van der Waals surface area contributed by atoms with Gasteiger partial charge in [-0.3, -0.25) is 9.59 Å². The van der Waals surface area contributed by atoms with Crippen LogP contribution in [0, 0.1) is 11.3 Å². The van der Waals surface area contributed by atoms with Crippen molar-refractivity contribution in [2.75, 3.05) is 18.1 Å². The molecule has 1 aliphatic carbocycles. The fraction of sp³-hybridized carbons (Fsp3) is 0.857. The molecule has 1 N–H and O–H groups in total. The Morgan fingerprint density at radius 3 is 2.38 bits per heavy atom. The third-order valence-electron chi connectivity index (χ3n) is 4.79. The van der Waals surface area contributed by atoms with Crippen LogP contribution in [0.2, 0.25) is 0 Å². The van der Waals surface area contributed by atoms with Crippen molar-refractivity contribution >= 4 is 21.7 Å². The first-order chi connectivity index (χ1) is 9.62. The van der Waals surface area contributed by atoms with Gasteiger partial charge in [0.15, 0.2) is 9.84 Å². The van der Waals surface area contributed by atoms with Gasteiger partial charge >= 0.3 is 5.97 Å². The number of carbonyl (C=O) groups is 2. The van der Waals surface area contributed by atoms with Crippen molar-refractivity contribution in [2.45, 2.75) is 45.6 Å². The Balaban J connectivity index is 2.20. The second kappa shape index (κ2) is 5.59. The number of rotatable bonds is 4. The van der Waals surface area contributed by atoms with Crippen molar-refractivity contribution in [1.82, 2.24) is 4.90 Å². The van der Waals surface area contributed by atoms with E-state index in [0.717, 1.165) is 19.3 Å². The lowest BCUT2D eigenvalue weighted by molar-refractivity contribution is -0.149. The summed E-state index contributed by atoms with van der Waals surface area (Å²) >= 11 is 0. The SMILES string of the molecule is CC1(C)CCCC1C(=O)N(CC(=O)O)C1CCS(=O)(=O)C1. The molecule has 0 spiro atoms. The van der Waals surface area contributed by atoms with E-state index in [4.69, 9.17) is 5.11 Å². The number of hydrogen-bond donors (Lipinski definition) is 1. The maximum atomic E-state index is 12.8. The van der Waals surface area contributed by atoms with Gasteiger partial charge in [0.2, 0.25) is 5.91 Å². The molecule has 1 heterocycles. The Bertz CT molecular complexity index is 540. The predicted octanol–water partition coefficient (Wildman–Crippen LogP) is 0.913. The van der Waals surface area contributed by atoms with Gasteiger partial charge in [0.1, 0.15) is 6.54 Å². The molecule has 0 aromatic rings. The number of carboxylic acid groups (broad SMARTS) is 1. The molecule has 2 aliphatic rings. The standard InChI is InChI=1S/C14H23NO5S/c1-14(2)6-3-4-11(14)13(18)15(8-12(16)17)10-5-7-21(19,20)9-10/h10-11H,3-9H2,1-2H3,(H,16,17). The van der Waals surface area contributed by atoms with E-state index in [1.165, 1.54) is 4.90 Å². The largest absolute Gasteiger partial charge is 0.480 e. The summed E-state index contributed by atoms with van der Waals surface area (Å²) in [5, 5.41) is 9.05. The number of carbonyl (C=O) groups excluding carboxylic acids is 1. The number of nitrogens with zero attached hydrogens (tertiary/aromatic N) is 1. The van der Waals surface area contributed by atoms with Crippen LogP contribution in [-0.2, 0) is 19.4 Å². The van der Waals surface area contributed by atoms with Crippen LogP contribution in [-0.4, -0.2) is 54.4 Å². The van der Waals surface area contributed by atoms with Gasteiger partial charge in [-0.05, 0) is 24.7 Å². The average molecular weight is 317 g/mol. The Labute approximate surface area is 125 Å². The molecule has 1 saturated heterocycles. The molecule has 0 radical (unpaired) electrons. The Morgan fingerprint density at radius 2 is 1.95 bits per heavy atom. The molecular formula is C14H23NO5S. The van der Waals surface area contributed by atoms with Crippen molar-refractivity contribution in [3.63, 3.8) is 0 Å². The molecule has 2 fully saturated rings. The van der Waals surface area contributed by atoms with E-state index < -0.39 is 28.4 Å². The van der Waals surface area contributed by atoms with Crippen LogP contribution in [0.4, 0.5) is 0 Å². The van der Waals surface area contributed by atoms with Crippen molar-refractivity contribution in [2.24, 2.45) is 11.3 Å². The smallest absolute Gasteiger partial charge is 0.323 e. The van der Waals surface area contributed by atoms with Gasteiger partial charge in [-0.1, -0.05) is 20.3 Å². The highest BCUT2D eigenvalue weighted by Crippen LogP contribution is 2.43. The van der Waals surface area contributed by atoms with E-state index in [1.54, 1.807) is 0 Å². The number of carboxylic acids is 1. The van der Waals surface area contributed by atoms with Crippen LogP contribution in [0.25, 0.3) is 0 Å². The third kappa shape index (κ3) is 3.56. The predicted molar refractivity (Wildman–Crippen MR) is 77.5 cm³/mol. The van der Waals surface area contributed by atoms with Crippen LogP contribution in [0.3, 0.4) is 0 Å². The molecule has 0 aromatic carbocycles. The Hall–Kier alpha value is -1.11. The third-order valence-corrected chi connectivity index (χ3v) is 6.54. The van der Waals surface area contributed by atoms with Gasteiger partial charge in [0.25, 0.3) is 0 Å². The van der Waals surface area contributed by atoms with Gasteiger partial charge < -0.3 is 10.0 Å². The summed E-state index contributed by atoms with van der Waals surface area (Å²) in [5.41, 5.74) is -0.148. The highest BCUT2D eigenvalue weighted by molar-refractivity contribution is 7.91. The quantitative estimate of drug-likeness (QED) is 0.832. The Kier molecular flexibility index (Phi) is 4.33. The fourth-order valence-corrected chi connectivity index (χ4v) is 5.27. The molecule has 21 heavy (non-hydrogen) atoms. The van der Waals surface area contributed by atoms with Crippen LogP contribution in [0.5, 0.6) is 0 Å². The van der Waals surface area contributed by atoms with E-state index in [1.807, 2.05) is 13.8 Å². The van der Waals surface area contributed by atoms with Crippen LogP contribution >= 0.6 is 0 Å².